The Morgan fingerprint density at radius 1 is 1.18 bits per heavy atom. The van der Waals surface area contributed by atoms with Crippen molar-refractivity contribution in [2.45, 2.75) is 0 Å². The summed E-state index contributed by atoms with van der Waals surface area (Å²) in [6, 6.07) is 7.46. The van der Waals surface area contributed by atoms with E-state index in [-0.39, 0.29) is 0 Å². The number of benzene rings is 1. The molecule has 1 aromatic carbocycles. The quantitative estimate of drug-likeness (QED) is 0.637. The average Bonchev–Trinajstić information content (AvgIpc) is 2.07. The lowest BCUT2D eigenvalue weighted by atomic mass is 10.3. The van der Waals surface area contributed by atoms with Gasteiger partial charge in [-0.05, 0) is 24.3 Å². The fraction of sp³-hybridized carbons (Fsp3) is 0.125. The van der Waals surface area contributed by atoms with E-state index in [1.54, 1.807) is 0 Å². The molecule has 0 fully saturated rings. The van der Waals surface area contributed by atoms with Gasteiger partial charge in [0.05, 0.1) is 0 Å². The summed E-state index contributed by atoms with van der Waals surface area (Å²) in [5.41, 5.74) is 1.83. The zero-order valence-corrected chi connectivity index (χ0v) is 6.29. The summed E-state index contributed by atoms with van der Waals surface area (Å²) in [5, 5.41) is 5.53. The first kappa shape index (κ1) is 7.60. The van der Waals surface area contributed by atoms with Crippen LogP contribution in [0.3, 0.4) is 0 Å². The molecule has 0 radical (unpaired) electrons. The van der Waals surface area contributed by atoms with Crippen LogP contribution in [0.1, 0.15) is 0 Å². The number of carbonyl (C=O) groups is 1. The molecule has 0 aromatic heterocycles. The molecule has 3 nitrogen and oxygen atoms in total. The van der Waals surface area contributed by atoms with Gasteiger partial charge in [-0.2, -0.15) is 0 Å². The minimum atomic E-state index is 0.661. The van der Waals surface area contributed by atoms with E-state index >= 15 is 0 Å². The van der Waals surface area contributed by atoms with Gasteiger partial charge < -0.3 is 10.6 Å². The molecule has 1 amide bonds. The molecule has 0 aliphatic rings. The average molecular weight is 150 g/mol. The van der Waals surface area contributed by atoms with Crippen molar-refractivity contribution in [1.82, 2.24) is 0 Å². The van der Waals surface area contributed by atoms with E-state index in [1.807, 2.05) is 31.3 Å². The van der Waals surface area contributed by atoms with Crippen molar-refractivity contribution >= 4 is 17.8 Å². The van der Waals surface area contributed by atoms with E-state index in [0.29, 0.717) is 6.41 Å². The zero-order chi connectivity index (χ0) is 8.10. The molecule has 2 N–H and O–H groups in total. The molecule has 0 aliphatic carbocycles. The second kappa shape index (κ2) is 3.61. The van der Waals surface area contributed by atoms with Gasteiger partial charge >= 0.3 is 0 Å². The van der Waals surface area contributed by atoms with Crippen molar-refractivity contribution in [3.05, 3.63) is 24.3 Å². The second-order valence-corrected chi connectivity index (χ2v) is 2.09. The van der Waals surface area contributed by atoms with E-state index < -0.39 is 0 Å². The highest BCUT2D eigenvalue weighted by Gasteiger charge is 1.88. The summed E-state index contributed by atoms with van der Waals surface area (Å²) in [6.45, 7) is 0. The number of carbonyl (C=O) groups excluding carboxylic acids is 1. The number of hydrogen-bond donors (Lipinski definition) is 2. The van der Waals surface area contributed by atoms with Crippen LogP contribution in [-0.4, -0.2) is 13.5 Å². The summed E-state index contributed by atoms with van der Waals surface area (Å²) >= 11 is 0. The van der Waals surface area contributed by atoms with Crippen LogP contribution in [0, 0.1) is 0 Å². The Morgan fingerprint density at radius 2 is 1.73 bits per heavy atom. The minimum Gasteiger partial charge on any atom is -0.388 e. The molecule has 0 saturated carbocycles. The summed E-state index contributed by atoms with van der Waals surface area (Å²) in [4.78, 5) is 10.0. The van der Waals surface area contributed by atoms with Crippen LogP contribution in [-0.2, 0) is 4.79 Å². The van der Waals surface area contributed by atoms with Gasteiger partial charge in [0.25, 0.3) is 0 Å². The third kappa shape index (κ3) is 1.97. The Bertz CT molecular complexity index is 230. The molecule has 58 valence electrons. The SMILES string of the molecule is CNc1ccc(NC=O)cc1. The molecule has 0 bridgehead atoms. The summed E-state index contributed by atoms with van der Waals surface area (Å²) in [5.74, 6) is 0. The highest BCUT2D eigenvalue weighted by Crippen LogP contribution is 2.11. The van der Waals surface area contributed by atoms with Crippen LogP contribution >= 0.6 is 0 Å². The first-order valence-electron chi connectivity index (χ1n) is 3.35. The van der Waals surface area contributed by atoms with Crippen molar-refractivity contribution in [1.29, 1.82) is 0 Å². The molecule has 1 aromatic rings. The largest absolute Gasteiger partial charge is 0.388 e. The number of rotatable bonds is 3. The predicted molar refractivity (Wildman–Crippen MR) is 45.7 cm³/mol. The van der Waals surface area contributed by atoms with E-state index in [2.05, 4.69) is 10.6 Å². The molecule has 0 spiro atoms. The molecular formula is C8H10N2O. The Morgan fingerprint density at radius 3 is 2.18 bits per heavy atom. The van der Waals surface area contributed by atoms with Crippen LogP contribution in [0.4, 0.5) is 11.4 Å². The van der Waals surface area contributed by atoms with Gasteiger partial charge in [-0.15, -0.1) is 0 Å². The van der Waals surface area contributed by atoms with E-state index in [4.69, 9.17) is 0 Å². The molecule has 1 rings (SSSR count). The number of nitrogens with one attached hydrogen (secondary N) is 2. The summed E-state index contributed by atoms with van der Waals surface area (Å²) in [7, 11) is 1.85. The maximum atomic E-state index is 10.0. The molecule has 0 aliphatic heterocycles. The molecular weight excluding hydrogens is 140 g/mol. The summed E-state index contributed by atoms with van der Waals surface area (Å²) in [6.07, 6.45) is 0.661. The first-order chi connectivity index (χ1) is 5.36. The highest BCUT2D eigenvalue weighted by atomic mass is 16.1. The normalized spacial score (nSPS) is 8.82. The van der Waals surface area contributed by atoms with Crippen molar-refractivity contribution in [3.8, 4) is 0 Å². The highest BCUT2D eigenvalue weighted by molar-refractivity contribution is 5.72. The lowest BCUT2D eigenvalue weighted by molar-refractivity contribution is -0.105. The molecule has 3 heteroatoms. The first-order valence-corrected chi connectivity index (χ1v) is 3.35. The second-order valence-electron chi connectivity index (χ2n) is 2.09. The van der Waals surface area contributed by atoms with Gasteiger partial charge in [0.1, 0.15) is 0 Å². The Kier molecular flexibility index (Phi) is 2.49. The number of hydrogen-bond acceptors (Lipinski definition) is 2. The van der Waals surface area contributed by atoms with Crippen LogP contribution in [0.25, 0.3) is 0 Å². The third-order valence-electron chi connectivity index (χ3n) is 1.40. The van der Waals surface area contributed by atoms with Crippen LogP contribution in [0.2, 0.25) is 0 Å². The summed E-state index contributed by atoms with van der Waals surface area (Å²) < 4.78 is 0. The van der Waals surface area contributed by atoms with Gasteiger partial charge in [0, 0.05) is 18.4 Å². The molecule has 11 heavy (non-hydrogen) atoms. The van der Waals surface area contributed by atoms with E-state index in [0.717, 1.165) is 11.4 Å². The van der Waals surface area contributed by atoms with Gasteiger partial charge in [-0.25, -0.2) is 0 Å². The van der Waals surface area contributed by atoms with Crippen molar-refractivity contribution in [2.24, 2.45) is 0 Å². The smallest absolute Gasteiger partial charge is 0.211 e. The predicted octanol–water partition coefficient (Wildman–Crippen LogP) is 1.30. The van der Waals surface area contributed by atoms with Crippen molar-refractivity contribution in [3.63, 3.8) is 0 Å². The maximum absolute atomic E-state index is 10.0. The molecule has 0 atom stereocenters. The third-order valence-corrected chi connectivity index (χ3v) is 1.40. The van der Waals surface area contributed by atoms with Gasteiger partial charge in [0.15, 0.2) is 0 Å². The van der Waals surface area contributed by atoms with Crippen LogP contribution in [0.5, 0.6) is 0 Å². The lowest BCUT2D eigenvalue weighted by Gasteiger charge is -2.00. The van der Waals surface area contributed by atoms with Gasteiger partial charge in [0.2, 0.25) is 6.41 Å². The fourth-order valence-electron chi connectivity index (χ4n) is 0.801. The topological polar surface area (TPSA) is 41.1 Å². The fourth-order valence-corrected chi connectivity index (χ4v) is 0.801. The Labute approximate surface area is 65.4 Å². The lowest BCUT2D eigenvalue weighted by Crippen LogP contribution is -1.93. The van der Waals surface area contributed by atoms with Crippen molar-refractivity contribution in [2.75, 3.05) is 17.7 Å². The number of amides is 1. The monoisotopic (exact) mass is 150 g/mol. The van der Waals surface area contributed by atoms with Crippen LogP contribution < -0.4 is 10.6 Å². The molecule has 0 unspecified atom stereocenters. The van der Waals surface area contributed by atoms with E-state index in [9.17, 15) is 4.79 Å². The van der Waals surface area contributed by atoms with E-state index in [1.165, 1.54) is 0 Å². The molecule has 0 saturated heterocycles. The standard InChI is InChI=1S/C8H10N2O/c1-9-7-2-4-8(5-3-7)10-6-11/h2-6,9H,1H3,(H,10,11). The minimum absolute atomic E-state index is 0.661. The van der Waals surface area contributed by atoms with Crippen molar-refractivity contribution < 1.29 is 4.79 Å². The van der Waals surface area contributed by atoms with Gasteiger partial charge in [-0.1, -0.05) is 0 Å². The zero-order valence-electron chi connectivity index (χ0n) is 6.29. The number of anilines is 2. The molecule has 0 heterocycles. The maximum Gasteiger partial charge on any atom is 0.211 e. The Balaban J connectivity index is 2.74. The Hall–Kier alpha value is -1.51. The van der Waals surface area contributed by atoms with Crippen LogP contribution in [0.15, 0.2) is 24.3 Å². The van der Waals surface area contributed by atoms with Gasteiger partial charge in [-0.3, -0.25) is 4.79 Å².